The van der Waals surface area contributed by atoms with Crippen LogP contribution in [0.3, 0.4) is 0 Å². The summed E-state index contributed by atoms with van der Waals surface area (Å²) < 4.78 is 7.93. The topological polar surface area (TPSA) is 170 Å². The maximum absolute atomic E-state index is 13.0. The van der Waals surface area contributed by atoms with E-state index in [0.29, 0.717) is 23.7 Å². The van der Waals surface area contributed by atoms with Crippen LogP contribution < -0.4 is 36.2 Å². The van der Waals surface area contributed by atoms with Crippen molar-refractivity contribution in [1.82, 2.24) is 9.62 Å². The molecule has 3 heterocycles. The van der Waals surface area contributed by atoms with E-state index < -0.39 is 18.6 Å². The highest BCUT2D eigenvalue weighted by Crippen LogP contribution is 2.46. The van der Waals surface area contributed by atoms with E-state index in [1.54, 1.807) is 0 Å². The van der Waals surface area contributed by atoms with Crippen LogP contribution in [0.1, 0.15) is 107 Å². The van der Waals surface area contributed by atoms with E-state index in [9.17, 15) is 19.2 Å². The Morgan fingerprint density at radius 1 is 1.06 bits per heavy atom. The highest BCUT2D eigenvalue weighted by Gasteiger charge is 2.34. The Morgan fingerprint density at radius 3 is 2.50 bits per heavy atom. The summed E-state index contributed by atoms with van der Waals surface area (Å²) in [6, 6.07) is 22.4. The molecule has 2 aliphatic heterocycles. The van der Waals surface area contributed by atoms with Crippen molar-refractivity contribution in [1.29, 1.82) is 0 Å². The number of benzene rings is 3. The average Bonchev–Trinajstić information content (AvgIpc) is 3.59. The van der Waals surface area contributed by atoms with Gasteiger partial charge in [-0.2, -0.15) is 0 Å². The molecule has 2 aliphatic rings. The number of nitrogens with zero attached hydrogens (tertiary/aromatic N) is 3. The zero-order valence-electron chi connectivity index (χ0n) is 40.2. The van der Waals surface area contributed by atoms with Gasteiger partial charge in [-0.15, -0.1) is 11.3 Å². The van der Waals surface area contributed by atoms with E-state index in [4.69, 9.17) is 27.2 Å². The van der Waals surface area contributed by atoms with Crippen LogP contribution in [-0.2, 0) is 24.9 Å². The van der Waals surface area contributed by atoms with Crippen molar-refractivity contribution in [2.24, 2.45) is 5.73 Å². The van der Waals surface area contributed by atoms with Gasteiger partial charge in [0.05, 0.1) is 16.3 Å². The molecule has 2 unspecified atom stereocenters. The zero-order chi connectivity index (χ0) is 49.0. The predicted molar refractivity (Wildman–Crippen MR) is 280 cm³/mol. The van der Waals surface area contributed by atoms with Crippen LogP contribution in [0.4, 0.5) is 22.7 Å². The number of nitrogens with one attached hydrogen (secondary N) is 3. The maximum atomic E-state index is 13.0. The first-order valence-electron chi connectivity index (χ1n) is 23.7. The minimum Gasteiger partial charge on any atom is -0.479 e. The molecule has 0 aliphatic carbocycles. The van der Waals surface area contributed by atoms with Crippen LogP contribution in [0.15, 0.2) is 78.5 Å². The van der Waals surface area contributed by atoms with Crippen LogP contribution in [0, 0.1) is 6.92 Å². The molecule has 0 spiro atoms. The number of imide groups is 1. The zero-order valence-corrected chi connectivity index (χ0v) is 42.6. The van der Waals surface area contributed by atoms with Crippen molar-refractivity contribution in [3.63, 3.8) is 0 Å². The summed E-state index contributed by atoms with van der Waals surface area (Å²) in [5, 5.41) is 19.3. The summed E-state index contributed by atoms with van der Waals surface area (Å²) in [7, 11) is 1.87. The summed E-state index contributed by atoms with van der Waals surface area (Å²) >= 11 is 10.0. The Balaban J connectivity index is 1.08. The molecule has 3 aromatic carbocycles. The van der Waals surface area contributed by atoms with Gasteiger partial charge in [-0.25, -0.2) is 9.10 Å². The third-order valence-corrected chi connectivity index (χ3v) is 15.8. The summed E-state index contributed by atoms with van der Waals surface area (Å²) in [5.74, 6) is -0.264. The number of hydrogen-bond donors (Lipinski definition) is 5. The number of carbonyl (C=O) groups is 4. The summed E-state index contributed by atoms with van der Waals surface area (Å²) in [5.41, 5.74) is 14.1. The number of carboxylic acids is 1. The Hall–Kier alpha value is -5.06. The van der Waals surface area contributed by atoms with Gasteiger partial charge >= 0.3 is 5.97 Å². The van der Waals surface area contributed by atoms with Gasteiger partial charge in [0.15, 0.2) is 12.4 Å². The summed E-state index contributed by atoms with van der Waals surface area (Å²) in [6.07, 6.45) is 9.89. The summed E-state index contributed by atoms with van der Waals surface area (Å²) in [4.78, 5) is 54.5. The van der Waals surface area contributed by atoms with E-state index in [1.165, 1.54) is 16.9 Å². The number of amides is 3. The SMILES string of the molecule is CCCC(CCC)N(C=O)c1cc(C(CCN)CCNc2cccc(CSN3CC=C(Nc4cccc(-c5sc(C)c(OCC(=O)O)c5Cl)c4)CC3(C)C)c2)ccc1N(C)C1CCC(=O)NC1=O. The van der Waals surface area contributed by atoms with Crippen molar-refractivity contribution in [3.8, 4) is 16.2 Å². The fraction of sp³-hybridized carbons (Fsp3) is 0.462. The van der Waals surface area contributed by atoms with Crippen LogP contribution in [-0.4, -0.2) is 84.5 Å². The smallest absolute Gasteiger partial charge is 0.341 e. The number of thiophene rings is 1. The average molecular weight is 987 g/mol. The number of carbonyl (C=O) groups excluding carboxylic acids is 3. The first-order chi connectivity index (χ1) is 32.7. The quantitative estimate of drug-likeness (QED) is 0.0242. The molecule has 2 atom stereocenters. The van der Waals surface area contributed by atoms with Gasteiger partial charge in [-0.05, 0) is 118 Å². The number of carboxylic acid groups (broad SMARTS) is 1. The second-order valence-electron chi connectivity index (χ2n) is 18.3. The van der Waals surface area contributed by atoms with Gasteiger partial charge < -0.3 is 36.0 Å². The van der Waals surface area contributed by atoms with E-state index in [1.807, 2.05) is 60.0 Å². The van der Waals surface area contributed by atoms with E-state index in [-0.39, 0.29) is 35.7 Å². The van der Waals surface area contributed by atoms with Crippen LogP contribution in [0.2, 0.25) is 5.02 Å². The molecule has 0 radical (unpaired) electrons. The van der Waals surface area contributed by atoms with Gasteiger partial charge in [-0.3, -0.25) is 19.7 Å². The largest absolute Gasteiger partial charge is 0.479 e. The molecule has 13 nitrogen and oxygen atoms in total. The number of piperidine rings is 1. The number of rotatable bonds is 25. The molecule has 1 aromatic heterocycles. The first-order valence-corrected chi connectivity index (χ1v) is 25.9. The Morgan fingerprint density at radius 2 is 1.81 bits per heavy atom. The Kier molecular flexibility index (Phi) is 18.8. The van der Waals surface area contributed by atoms with E-state index in [2.05, 4.69) is 96.5 Å². The van der Waals surface area contributed by atoms with Gasteiger partial charge in [0.25, 0.3) is 0 Å². The number of nitrogens with two attached hydrogens (primary N) is 1. The molecule has 6 N–H and O–H groups in total. The van der Waals surface area contributed by atoms with Crippen molar-refractivity contribution in [2.45, 2.75) is 122 Å². The number of hydrogen-bond acceptors (Lipinski definition) is 12. The van der Waals surface area contributed by atoms with Crippen molar-refractivity contribution >= 4 is 81.8 Å². The number of halogens is 1. The Bertz CT molecular complexity index is 2420. The molecule has 0 bridgehead atoms. The van der Waals surface area contributed by atoms with Crippen molar-refractivity contribution in [3.05, 3.63) is 99.5 Å². The van der Waals surface area contributed by atoms with Gasteiger partial charge in [0, 0.05) is 72.3 Å². The molecule has 16 heteroatoms. The van der Waals surface area contributed by atoms with Crippen molar-refractivity contribution in [2.75, 3.05) is 53.7 Å². The fourth-order valence-electron chi connectivity index (χ4n) is 9.24. The highest BCUT2D eigenvalue weighted by atomic mass is 35.5. The monoisotopic (exact) mass is 985 g/mol. The third-order valence-electron chi connectivity index (χ3n) is 12.8. The molecule has 6 rings (SSSR count). The van der Waals surface area contributed by atoms with Gasteiger partial charge in [0.1, 0.15) is 11.1 Å². The lowest BCUT2D eigenvalue weighted by Gasteiger charge is -2.41. The van der Waals surface area contributed by atoms with E-state index >= 15 is 0 Å². The number of likely N-dealkylation sites (N-methyl/N-ethyl adjacent to an activating group) is 1. The molecular weight excluding hydrogens is 918 g/mol. The summed E-state index contributed by atoms with van der Waals surface area (Å²) in [6.45, 7) is 12.3. The molecule has 3 amide bonds. The van der Waals surface area contributed by atoms with Crippen LogP contribution >= 0.6 is 34.9 Å². The second kappa shape index (κ2) is 24.5. The van der Waals surface area contributed by atoms with Crippen LogP contribution in [0.5, 0.6) is 5.75 Å². The minimum absolute atomic E-state index is 0.0161. The number of ether oxygens (including phenoxy) is 1. The molecular formula is C52H68ClN7O6S2. The molecule has 0 saturated carbocycles. The number of aliphatic carboxylic acids is 1. The molecule has 4 aromatic rings. The molecule has 366 valence electrons. The maximum Gasteiger partial charge on any atom is 0.341 e. The lowest BCUT2D eigenvalue weighted by molar-refractivity contribution is -0.139. The molecule has 68 heavy (non-hydrogen) atoms. The lowest BCUT2D eigenvalue weighted by atomic mass is 9.90. The fourth-order valence-corrected chi connectivity index (χ4v) is 11.8. The van der Waals surface area contributed by atoms with E-state index in [0.717, 1.165) is 120 Å². The van der Waals surface area contributed by atoms with Crippen LogP contribution in [0.25, 0.3) is 10.4 Å². The number of aryl methyl sites for hydroxylation is 1. The molecule has 1 saturated heterocycles. The normalized spacial score (nSPS) is 16.5. The minimum atomic E-state index is -1.05. The second-order valence-corrected chi connectivity index (χ2v) is 20.9. The third kappa shape index (κ3) is 13.4. The lowest BCUT2D eigenvalue weighted by Crippen LogP contribution is -2.51. The highest BCUT2D eigenvalue weighted by molar-refractivity contribution is 7.96. The van der Waals surface area contributed by atoms with Crippen molar-refractivity contribution < 1.29 is 29.0 Å². The number of anilines is 4. The first kappa shape index (κ1) is 52.3. The predicted octanol–water partition coefficient (Wildman–Crippen LogP) is 10.6. The van der Waals surface area contributed by atoms with Gasteiger partial charge in [-0.1, -0.05) is 86.6 Å². The molecule has 1 fully saturated rings. The standard InChI is InChI=1S/C52H68ClN7O6S2/c1-7-11-42(12-8-2)59(33-61)45-29-37(17-18-43(45)58(6)44-19-20-46(62)57-51(44)65)36(21-24-54)22-25-55-39-15-9-13-35(27-39)32-67-60-26-23-41(30-52(60,4)5)56-40-16-10-14-38(28-40)50-48(53)49(34(3)68-50)66-31-47(63)64/h9-10,13-18,23,27-29,33,36,42,44,55-56H,7-8,11-12,19-22,24-26,30-32,54H2,1-6H3,(H,63,64)(H,57,62,65). The Labute approximate surface area is 415 Å². The van der Waals surface area contributed by atoms with Gasteiger partial charge in [0.2, 0.25) is 18.2 Å².